The molecule has 2 rings (SSSR count). The van der Waals surface area contributed by atoms with Crippen LogP contribution in [0.15, 0.2) is 30.5 Å². The number of aryl methyl sites for hydroxylation is 1. The Morgan fingerprint density at radius 3 is 2.79 bits per heavy atom. The summed E-state index contributed by atoms with van der Waals surface area (Å²) in [6.07, 6.45) is 1.16. The van der Waals surface area contributed by atoms with E-state index >= 15 is 0 Å². The highest BCUT2D eigenvalue weighted by molar-refractivity contribution is 6.31. The van der Waals surface area contributed by atoms with E-state index in [4.69, 9.17) is 22.1 Å². The zero-order valence-electron chi connectivity index (χ0n) is 10.7. The Morgan fingerprint density at radius 1 is 1.37 bits per heavy atom. The van der Waals surface area contributed by atoms with Crippen LogP contribution in [0.2, 0.25) is 5.02 Å². The number of pyridine rings is 1. The molecule has 0 bridgehead atoms. The Balaban J connectivity index is 2.33. The summed E-state index contributed by atoms with van der Waals surface area (Å²) in [4.78, 5) is 3.93. The lowest BCUT2D eigenvalue weighted by molar-refractivity contribution is 0.226. The van der Waals surface area contributed by atoms with Crippen molar-refractivity contribution in [3.8, 4) is 5.75 Å². The van der Waals surface area contributed by atoms with Crippen LogP contribution >= 0.6 is 11.6 Å². The molecule has 100 valence electrons. The smallest absolute Gasteiger partial charge is 0.166 e. The van der Waals surface area contributed by atoms with Gasteiger partial charge in [0.25, 0.3) is 0 Å². The molecule has 1 atom stereocenters. The number of halogens is 2. The third kappa shape index (κ3) is 2.79. The van der Waals surface area contributed by atoms with Crippen molar-refractivity contribution in [1.29, 1.82) is 0 Å². The molecule has 5 heteroatoms. The third-order valence-electron chi connectivity index (χ3n) is 2.86. The van der Waals surface area contributed by atoms with Gasteiger partial charge in [0.15, 0.2) is 11.6 Å². The Kier molecular flexibility index (Phi) is 3.90. The summed E-state index contributed by atoms with van der Waals surface area (Å²) in [7, 11) is 0. The van der Waals surface area contributed by atoms with Gasteiger partial charge in [0.05, 0.1) is 5.02 Å². The molecule has 0 spiro atoms. The average molecular weight is 281 g/mol. The Bertz CT molecular complexity index is 604. The van der Waals surface area contributed by atoms with Crippen LogP contribution in [0.1, 0.15) is 24.2 Å². The molecule has 19 heavy (non-hydrogen) atoms. The van der Waals surface area contributed by atoms with Gasteiger partial charge in [-0.2, -0.15) is 0 Å². The molecule has 1 heterocycles. The van der Waals surface area contributed by atoms with Crippen molar-refractivity contribution < 1.29 is 9.13 Å². The first kappa shape index (κ1) is 13.6. The number of nitrogen functional groups attached to an aromatic ring is 1. The van der Waals surface area contributed by atoms with Crippen LogP contribution in [0.3, 0.4) is 0 Å². The molecular weight excluding hydrogens is 267 g/mol. The molecule has 1 aromatic carbocycles. The second-order valence-corrected chi connectivity index (χ2v) is 4.62. The predicted octanol–water partition coefficient (Wildman–Crippen LogP) is 3.90. The molecule has 3 nitrogen and oxygen atoms in total. The van der Waals surface area contributed by atoms with Crippen molar-refractivity contribution in [1.82, 2.24) is 4.98 Å². The van der Waals surface area contributed by atoms with Gasteiger partial charge in [-0.25, -0.2) is 9.37 Å². The summed E-state index contributed by atoms with van der Waals surface area (Å²) in [6, 6.07) is 6.44. The van der Waals surface area contributed by atoms with Crippen molar-refractivity contribution in [2.75, 3.05) is 5.73 Å². The summed E-state index contributed by atoms with van der Waals surface area (Å²) in [5.41, 5.74) is 7.19. The Hall–Kier alpha value is -1.81. The highest BCUT2D eigenvalue weighted by Crippen LogP contribution is 2.32. The van der Waals surface area contributed by atoms with Crippen LogP contribution in [0.4, 0.5) is 10.2 Å². The van der Waals surface area contributed by atoms with Gasteiger partial charge in [-0.05, 0) is 37.6 Å². The van der Waals surface area contributed by atoms with Gasteiger partial charge >= 0.3 is 0 Å². The molecule has 2 N–H and O–H groups in total. The van der Waals surface area contributed by atoms with Crippen LogP contribution < -0.4 is 10.5 Å². The Labute approximate surface area is 116 Å². The van der Waals surface area contributed by atoms with E-state index in [9.17, 15) is 4.39 Å². The van der Waals surface area contributed by atoms with Gasteiger partial charge < -0.3 is 10.5 Å². The lowest BCUT2D eigenvalue weighted by Crippen LogP contribution is -2.08. The first-order valence-electron chi connectivity index (χ1n) is 5.82. The number of hydrogen-bond donors (Lipinski definition) is 1. The zero-order chi connectivity index (χ0) is 14.0. The highest BCUT2D eigenvalue weighted by Gasteiger charge is 2.18. The summed E-state index contributed by atoms with van der Waals surface area (Å²) in [5.74, 6) is 0.283. The van der Waals surface area contributed by atoms with Crippen LogP contribution in [-0.2, 0) is 0 Å². The fourth-order valence-electron chi connectivity index (χ4n) is 1.91. The first-order valence-corrected chi connectivity index (χ1v) is 6.20. The number of aromatic nitrogens is 1. The van der Waals surface area contributed by atoms with Gasteiger partial charge in [-0.3, -0.25) is 0 Å². The van der Waals surface area contributed by atoms with Gasteiger partial charge in [0, 0.05) is 11.8 Å². The molecular formula is C14H14ClFN2O. The molecule has 0 radical (unpaired) electrons. The van der Waals surface area contributed by atoms with E-state index < -0.39 is 11.9 Å². The number of benzene rings is 1. The van der Waals surface area contributed by atoms with E-state index in [0.29, 0.717) is 17.1 Å². The van der Waals surface area contributed by atoms with E-state index in [1.54, 1.807) is 31.3 Å². The van der Waals surface area contributed by atoms with Crippen LogP contribution in [0, 0.1) is 12.7 Å². The van der Waals surface area contributed by atoms with E-state index in [-0.39, 0.29) is 5.02 Å². The second-order valence-electron chi connectivity index (χ2n) is 4.24. The quantitative estimate of drug-likeness (QED) is 0.927. The molecule has 0 aliphatic rings. The SMILES string of the molecule is Cc1ccc(F)c(Cl)c1[C@@H](C)Oc1cccnc1N. The largest absolute Gasteiger partial charge is 0.482 e. The van der Waals surface area contributed by atoms with Gasteiger partial charge in [0.2, 0.25) is 0 Å². The van der Waals surface area contributed by atoms with Gasteiger partial charge in [-0.1, -0.05) is 17.7 Å². The standard InChI is InChI=1S/C14H14ClFN2O/c1-8-5-6-10(16)13(15)12(8)9(2)19-11-4-3-7-18-14(11)17/h3-7,9H,1-2H3,(H2,17,18)/t9-/m1/s1. The molecule has 0 fully saturated rings. The molecule has 0 aliphatic heterocycles. The molecule has 0 aliphatic carbocycles. The lowest BCUT2D eigenvalue weighted by atomic mass is 10.0. The minimum Gasteiger partial charge on any atom is -0.482 e. The predicted molar refractivity (Wildman–Crippen MR) is 73.8 cm³/mol. The van der Waals surface area contributed by atoms with Crippen LogP contribution in [-0.4, -0.2) is 4.98 Å². The lowest BCUT2D eigenvalue weighted by Gasteiger charge is -2.19. The minimum atomic E-state index is -0.461. The molecule has 1 aromatic heterocycles. The van der Waals surface area contributed by atoms with Gasteiger partial charge in [0.1, 0.15) is 11.9 Å². The van der Waals surface area contributed by atoms with Crippen molar-refractivity contribution in [3.63, 3.8) is 0 Å². The molecule has 0 saturated heterocycles. The fourth-order valence-corrected chi connectivity index (χ4v) is 2.28. The third-order valence-corrected chi connectivity index (χ3v) is 3.24. The topological polar surface area (TPSA) is 48.1 Å². The van der Waals surface area contributed by atoms with Crippen LogP contribution in [0.25, 0.3) is 0 Å². The van der Waals surface area contributed by atoms with E-state index in [1.165, 1.54) is 6.07 Å². The molecule has 0 saturated carbocycles. The van der Waals surface area contributed by atoms with Crippen molar-refractivity contribution in [2.45, 2.75) is 20.0 Å². The maximum Gasteiger partial charge on any atom is 0.166 e. The summed E-state index contributed by atoms with van der Waals surface area (Å²) in [5, 5.41) is 0.0787. The van der Waals surface area contributed by atoms with E-state index in [1.807, 2.05) is 6.92 Å². The summed E-state index contributed by atoms with van der Waals surface area (Å²) in [6.45, 7) is 3.65. The fraction of sp³-hybridized carbons (Fsp3) is 0.214. The molecule has 2 aromatic rings. The number of nitrogens with two attached hydrogens (primary N) is 1. The minimum absolute atomic E-state index is 0.0787. The van der Waals surface area contributed by atoms with Crippen molar-refractivity contribution in [2.24, 2.45) is 0 Å². The number of anilines is 1. The summed E-state index contributed by atoms with van der Waals surface area (Å²) < 4.78 is 19.2. The maximum absolute atomic E-state index is 13.5. The molecule has 0 amide bonds. The highest BCUT2D eigenvalue weighted by atomic mass is 35.5. The average Bonchev–Trinajstić information content (AvgIpc) is 2.37. The van der Waals surface area contributed by atoms with Gasteiger partial charge in [-0.15, -0.1) is 0 Å². The van der Waals surface area contributed by atoms with Crippen molar-refractivity contribution >= 4 is 17.4 Å². The normalized spacial score (nSPS) is 12.2. The number of nitrogens with zero attached hydrogens (tertiary/aromatic N) is 1. The van der Waals surface area contributed by atoms with Crippen LogP contribution in [0.5, 0.6) is 5.75 Å². The Morgan fingerprint density at radius 2 is 2.11 bits per heavy atom. The number of rotatable bonds is 3. The summed E-state index contributed by atoms with van der Waals surface area (Å²) >= 11 is 6.00. The zero-order valence-corrected chi connectivity index (χ0v) is 11.4. The molecule has 0 unspecified atom stereocenters. The van der Waals surface area contributed by atoms with E-state index in [0.717, 1.165) is 5.56 Å². The van der Waals surface area contributed by atoms with E-state index in [2.05, 4.69) is 4.98 Å². The number of ether oxygens (including phenoxy) is 1. The van der Waals surface area contributed by atoms with Crippen molar-refractivity contribution in [3.05, 3.63) is 52.4 Å². The monoisotopic (exact) mass is 280 g/mol. The second kappa shape index (κ2) is 5.45. The maximum atomic E-state index is 13.5. The number of hydrogen-bond acceptors (Lipinski definition) is 3. The first-order chi connectivity index (χ1) is 9.00.